The van der Waals surface area contributed by atoms with Gasteiger partial charge in [0, 0.05) is 11.6 Å². The summed E-state index contributed by atoms with van der Waals surface area (Å²) in [5, 5.41) is 4.47. The summed E-state index contributed by atoms with van der Waals surface area (Å²) >= 11 is 0. The topological polar surface area (TPSA) is 97.5 Å². The van der Waals surface area contributed by atoms with Crippen molar-refractivity contribution in [2.75, 3.05) is 0 Å². The predicted octanol–water partition coefficient (Wildman–Crippen LogP) is 2.95. The van der Waals surface area contributed by atoms with Crippen LogP contribution < -0.4 is 16.0 Å². The van der Waals surface area contributed by atoms with E-state index in [-0.39, 0.29) is 17.1 Å². The second kappa shape index (κ2) is 7.19. The fraction of sp³-hybridized carbons (Fsp3) is 0.300. The average Bonchev–Trinajstić information content (AvgIpc) is 2.66. The van der Waals surface area contributed by atoms with E-state index in [9.17, 15) is 9.59 Å². The van der Waals surface area contributed by atoms with Crippen molar-refractivity contribution in [2.24, 2.45) is 5.16 Å². The summed E-state index contributed by atoms with van der Waals surface area (Å²) in [5.74, 6) is 0. The maximum absolute atomic E-state index is 12.5. The van der Waals surface area contributed by atoms with E-state index in [1.807, 2.05) is 25.1 Å². The highest BCUT2D eigenvalue weighted by molar-refractivity contribution is 6.02. The minimum Gasteiger partial charge on any atom is -0.403 e. The van der Waals surface area contributed by atoms with Crippen molar-refractivity contribution in [1.29, 1.82) is 0 Å². The summed E-state index contributed by atoms with van der Waals surface area (Å²) in [5.41, 5.74) is 2.71. The number of fused-ring (bicyclic) bond motifs is 2. The van der Waals surface area contributed by atoms with Crippen LogP contribution in [0.3, 0.4) is 0 Å². The molecule has 4 rings (SSSR count). The van der Waals surface area contributed by atoms with Gasteiger partial charge in [-0.2, -0.15) is 4.98 Å². The van der Waals surface area contributed by atoms with E-state index in [1.54, 1.807) is 0 Å². The van der Waals surface area contributed by atoms with Gasteiger partial charge in [-0.3, -0.25) is 9.78 Å². The van der Waals surface area contributed by atoms with Crippen LogP contribution in [0.15, 0.2) is 49.5 Å². The number of hydrogen-bond acceptors (Lipinski definition) is 6. The molecule has 7 heteroatoms. The molecule has 0 unspecified atom stereocenters. The minimum atomic E-state index is -0.539. The summed E-state index contributed by atoms with van der Waals surface area (Å²) in [6.07, 6.45) is 4.15. The number of aromatic nitrogens is 2. The van der Waals surface area contributed by atoms with Crippen LogP contribution in [0.1, 0.15) is 42.9 Å². The lowest BCUT2D eigenvalue weighted by molar-refractivity contribution is 0.309. The largest absolute Gasteiger partial charge is 0.403 e. The Labute approximate surface area is 154 Å². The number of oxime groups is 1. The summed E-state index contributed by atoms with van der Waals surface area (Å²) in [6.45, 7) is 1.97. The Balaban J connectivity index is 1.72. The number of rotatable bonds is 4. The third-order valence-electron chi connectivity index (χ3n) is 4.62. The highest BCUT2D eigenvalue weighted by atomic mass is 16.6. The molecule has 0 aliphatic heterocycles. The Morgan fingerprint density at radius 2 is 2.11 bits per heavy atom. The summed E-state index contributed by atoms with van der Waals surface area (Å²) in [4.78, 5) is 36.3. The second-order valence-corrected chi connectivity index (χ2v) is 6.53. The molecule has 138 valence electrons. The van der Waals surface area contributed by atoms with Crippen molar-refractivity contribution in [1.82, 2.24) is 9.97 Å². The van der Waals surface area contributed by atoms with E-state index < -0.39 is 11.2 Å². The maximum atomic E-state index is 12.5. The average molecular weight is 365 g/mol. The predicted molar refractivity (Wildman–Crippen MR) is 101 cm³/mol. The molecular weight excluding hydrogens is 346 g/mol. The zero-order chi connectivity index (χ0) is 18.8. The van der Waals surface area contributed by atoms with E-state index in [2.05, 4.69) is 21.2 Å². The summed E-state index contributed by atoms with van der Waals surface area (Å²) < 4.78 is 5.10. The zero-order valence-corrected chi connectivity index (χ0v) is 14.9. The van der Waals surface area contributed by atoms with Crippen molar-refractivity contribution >= 4 is 16.8 Å². The SMILES string of the molecule is CCCc1cc(=O)oc2nc(ON=C3CCCc4ccccc43)[nH]c(=O)c12. The van der Waals surface area contributed by atoms with E-state index in [4.69, 9.17) is 9.25 Å². The molecule has 1 aliphatic carbocycles. The molecule has 2 aromatic heterocycles. The van der Waals surface area contributed by atoms with Gasteiger partial charge in [0.2, 0.25) is 5.71 Å². The van der Waals surface area contributed by atoms with Crippen LogP contribution in [-0.4, -0.2) is 15.7 Å². The van der Waals surface area contributed by atoms with E-state index in [0.29, 0.717) is 12.0 Å². The molecule has 0 saturated heterocycles. The Hall–Kier alpha value is -3.22. The Morgan fingerprint density at radius 1 is 1.26 bits per heavy atom. The molecule has 1 aliphatic rings. The molecule has 0 amide bonds. The van der Waals surface area contributed by atoms with E-state index in [0.717, 1.165) is 37.0 Å². The molecule has 0 fully saturated rings. The van der Waals surface area contributed by atoms with Gasteiger partial charge >= 0.3 is 11.6 Å². The highest BCUT2D eigenvalue weighted by Gasteiger charge is 2.17. The molecule has 7 nitrogen and oxygen atoms in total. The van der Waals surface area contributed by atoms with Gasteiger partial charge in [0.1, 0.15) is 5.39 Å². The van der Waals surface area contributed by atoms with Crippen molar-refractivity contribution in [3.05, 3.63) is 67.8 Å². The van der Waals surface area contributed by atoms with Gasteiger partial charge in [-0.1, -0.05) is 42.8 Å². The monoisotopic (exact) mass is 365 g/mol. The van der Waals surface area contributed by atoms with Gasteiger partial charge in [-0.05, 0) is 36.8 Å². The number of benzene rings is 1. The van der Waals surface area contributed by atoms with Crippen LogP contribution in [0.25, 0.3) is 11.1 Å². The zero-order valence-electron chi connectivity index (χ0n) is 14.9. The van der Waals surface area contributed by atoms with Gasteiger partial charge < -0.3 is 9.25 Å². The van der Waals surface area contributed by atoms with Crippen molar-refractivity contribution < 1.29 is 9.25 Å². The number of nitrogens with one attached hydrogen (secondary N) is 1. The second-order valence-electron chi connectivity index (χ2n) is 6.53. The third-order valence-corrected chi connectivity index (χ3v) is 4.62. The quantitative estimate of drug-likeness (QED) is 0.717. The molecule has 2 heterocycles. The van der Waals surface area contributed by atoms with Crippen LogP contribution in [0, 0.1) is 0 Å². The standard InChI is InChI=1S/C20H19N3O4/c1-2-6-13-11-16(24)26-19-17(13)18(25)21-20(22-19)27-23-15-10-5-8-12-7-3-4-9-14(12)15/h3-4,7,9,11H,2,5-6,8,10H2,1H3,(H,21,22,25). The van der Waals surface area contributed by atoms with E-state index >= 15 is 0 Å². The Bertz CT molecular complexity index is 1140. The molecule has 0 bridgehead atoms. The van der Waals surface area contributed by atoms with Gasteiger partial charge in [0.05, 0.1) is 5.71 Å². The van der Waals surface area contributed by atoms with Gasteiger partial charge in [-0.25, -0.2) is 4.79 Å². The summed E-state index contributed by atoms with van der Waals surface area (Å²) in [6, 6.07) is 9.27. The third kappa shape index (κ3) is 3.40. The molecule has 0 saturated carbocycles. The lowest BCUT2D eigenvalue weighted by Gasteiger charge is -2.16. The van der Waals surface area contributed by atoms with Crippen molar-refractivity contribution in [2.45, 2.75) is 39.0 Å². The Kier molecular flexibility index (Phi) is 4.58. The molecular formula is C20H19N3O4. The number of hydrogen-bond donors (Lipinski definition) is 1. The van der Waals surface area contributed by atoms with Gasteiger partial charge in [0.25, 0.3) is 5.56 Å². The molecule has 27 heavy (non-hydrogen) atoms. The molecule has 0 radical (unpaired) electrons. The smallest absolute Gasteiger partial charge is 0.337 e. The van der Waals surface area contributed by atoms with Gasteiger partial charge in [-0.15, -0.1) is 0 Å². The maximum Gasteiger partial charge on any atom is 0.337 e. The van der Waals surface area contributed by atoms with Crippen LogP contribution in [0.4, 0.5) is 0 Å². The van der Waals surface area contributed by atoms with Crippen LogP contribution in [-0.2, 0) is 12.8 Å². The fourth-order valence-electron chi connectivity index (χ4n) is 3.43. The Morgan fingerprint density at radius 3 is 2.96 bits per heavy atom. The summed E-state index contributed by atoms with van der Waals surface area (Å²) in [7, 11) is 0. The molecule has 0 spiro atoms. The fourth-order valence-corrected chi connectivity index (χ4v) is 3.43. The van der Waals surface area contributed by atoms with Crippen LogP contribution in [0.5, 0.6) is 6.01 Å². The molecule has 3 aromatic rings. The van der Waals surface area contributed by atoms with Crippen molar-refractivity contribution in [3.8, 4) is 6.01 Å². The number of aryl methyl sites for hydroxylation is 2. The lowest BCUT2D eigenvalue weighted by atomic mass is 9.90. The first-order valence-corrected chi connectivity index (χ1v) is 9.05. The minimum absolute atomic E-state index is 0.0334. The first-order valence-electron chi connectivity index (χ1n) is 9.05. The van der Waals surface area contributed by atoms with Crippen LogP contribution in [0.2, 0.25) is 0 Å². The molecule has 1 aromatic carbocycles. The lowest BCUT2D eigenvalue weighted by Crippen LogP contribution is -2.16. The first-order chi connectivity index (χ1) is 13.2. The first kappa shape index (κ1) is 17.2. The van der Waals surface area contributed by atoms with E-state index in [1.165, 1.54) is 11.6 Å². The molecule has 1 N–H and O–H groups in total. The number of aromatic amines is 1. The molecule has 0 atom stereocenters. The van der Waals surface area contributed by atoms with Crippen molar-refractivity contribution in [3.63, 3.8) is 0 Å². The van der Waals surface area contributed by atoms with Crippen LogP contribution >= 0.6 is 0 Å². The van der Waals surface area contributed by atoms with Gasteiger partial charge in [0.15, 0.2) is 0 Å². The highest BCUT2D eigenvalue weighted by Crippen LogP contribution is 2.22. The normalized spacial score (nSPS) is 15.1. The number of H-pyrrole nitrogens is 1. The number of nitrogens with zero attached hydrogens (tertiary/aromatic N) is 2.